The third-order valence-electron chi connectivity index (χ3n) is 6.42. The van der Waals surface area contributed by atoms with E-state index < -0.39 is 6.04 Å². The van der Waals surface area contributed by atoms with Crippen molar-refractivity contribution in [1.29, 1.82) is 0 Å². The predicted molar refractivity (Wildman–Crippen MR) is 151 cm³/mol. The summed E-state index contributed by atoms with van der Waals surface area (Å²) in [6.45, 7) is 1.87. The van der Waals surface area contributed by atoms with Crippen LogP contribution in [0.15, 0.2) is 76.8 Å². The van der Waals surface area contributed by atoms with E-state index >= 15 is 0 Å². The molecular weight excluding hydrogens is 514 g/mol. The number of fused-ring (bicyclic) bond motifs is 1. The van der Waals surface area contributed by atoms with Crippen molar-refractivity contribution in [2.45, 2.75) is 18.1 Å². The molecule has 9 nitrogen and oxygen atoms in total. The van der Waals surface area contributed by atoms with E-state index in [1.54, 1.807) is 44.2 Å². The lowest BCUT2D eigenvalue weighted by Crippen LogP contribution is -2.30. The second kappa shape index (κ2) is 11.1. The molecule has 0 unspecified atom stereocenters. The number of benzene rings is 2. The third-order valence-corrected chi connectivity index (χ3v) is 6.96. The van der Waals surface area contributed by atoms with Crippen molar-refractivity contribution < 1.29 is 14.2 Å². The highest BCUT2D eigenvalue weighted by atomic mass is 32.2. The summed E-state index contributed by atoms with van der Waals surface area (Å²) in [5.74, 6) is 1.87. The lowest BCUT2D eigenvalue weighted by molar-refractivity contribution is 0.398. The summed E-state index contributed by atoms with van der Waals surface area (Å²) in [6, 6.07) is 18.2. The Hall–Kier alpha value is -4.44. The van der Waals surface area contributed by atoms with E-state index in [0.29, 0.717) is 45.0 Å². The van der Waals surface area contributed by atoms with Gasteiger partial charge < -0.3 is 14.2 Å². The third kappa shape index (κ3) is 5.03. The maximum absolute atomic E-state index is 14.4. The van der Waals surface area contributed by atoms with Crippen LogP contribution >= 0.6 is 11.8 Å². The number of methoxy groups -OCH3 is 3. The quantitative estimate of drug-likeness (QED) is 0.200. The van der Waals surface area contributed by atoms with Gasteiger partial charge in [0.1, 0.15) is 22.7 Å². The zero-order valence-electron chi connectivity index (χ0n) is 22.2. The van der Waals surface area contributed by atoms with Crippen LogP contribution in [0, 0.1) is 6.92 Å². The van der Waals surface area contributed by atoms with Crippen LogP contribution in [0.3, 0.4) is 0 Å². The molecule has 5 aromatic rings. The van der Waals surface area contributed by atoms with Gasteiger partial charge >= 0.3 is 0 Å². The lowest BCUT2D eigenvalue weighted by atomic mass is 9.97. The Kier molecular flexibility index (Phi) is 7.47. The number of thioether (sulfide) groups is 1. The molecule has 5 rings (SSSR count). The average Bonchev–Trinajstić information content (AvgIpc) is 2.99. The Morgan fingerprint density at radius 2 is 1.41 bits per heavy atom. The van der Waals surface area contributed by atoms with Crippen molar-refractivity contribution in [3.05, 3.63) is 94.0 Å². The van der Waals surface area contributed by atoms with E-state index in [2.05, 4.69) is 9.97 Å². The summed E-state index contributed by atoms with van der Waals surface area (Å²) in [5, 5.41) is 0.553. The van der Waals surface area contributed by atoms with Crippen LogP contribution in [0.25, 0.3) is 22.4 Å². The standard InChI is InChI=1S/C29H27N5O4S/c1-17-24-27(33-29(31-17)39-5)34(28(35)25(32-24)20-10-15-23(38-4)30-16-20)26(18-6-11-21(36-2)12-7-18)19-8-13-22(37-3)14-9-19/h6-16,26H,1-5H3. The highest BCUT2D eigenvalue weighted by molar-refractivity contribution is 7.98. The van der Waals surface area contributed by atoms with Gasteiger partial charge in [-0.05, 0) is 54.6 Å². The summed E-state index contributed by atoms with van der Waals surface area (Å²) in [5.41, 5.74) is 3.89. The number of hydrogen-bond donors (Lipinski definition) is 0. The molecule has 10 heteroatoms. The molecule has 0 saturated heterocycles. The van der Waals surface area contributed by atoms with Gasteiger partial charge in [0.15, 0.2) is 10.8 Å². The first-order valence-corrected chi connectivity index (χ1v) is 13.3. The van der Waals surface area contributed by atoms with Gasteiger partial charge in [-0.2, -0.15) is 0 Å². The van der Waals surface area contributed by atoms with Gasteiger partial charge in [0.05, 0.1) is 33.1 Å². The highest BCUT2D eigenvalue weighted by Crippen LogP contribution is 2.32. The topological polar surface area (TPSA) is 101 Å². The second-order valence-electron chi connectivity index (χ2n) is 8.64. The summed E-state index contributed by atoms with van der Waals surface area (Å²) < 4.78 is 17.7. The van der Waals surface area contributed by atoms with Crippen LogP contribution in [0.1, 0.15) is 22.9 Å². The zero-order valence-corrected chi connectivity index (χ0v) is 23.0. The lowest BCUT2D eigenvalue weighted by Gasteiger charge is -2.24. The largest absolute Gasteiger partial charge is 0.497 e. The number of hydrogen-bond acceptors (Lipinski definition) is 9. The molecule has 0 aliphatic heterocycles. The van der Waals surface area contributed by atoms with E-state index in [1.807, 2.05) is 61.7 Å². The van der Waals surface area contributed by atoms with Crippen molar-refractivity contribution in [2.75, 3.05) is 27.6 Å². The molecule has 39 heavy (non-hydrogen) atoms. The molecule has 0 fully saturated rings. The van der Waals surface area contributed by atoms with Gasteiger partial charge in [-0.25, -0.2) is 19.9 Å². The van der Waals surface area contributed by atoms with Crippen LogP contribution in [0.5, 0.6) is 17.4 Å². The minimum absolute atomic E-state index is 0.244. The Bertz CT molecular complexity index is 1620. The molecule has 0 bridgehead atoms. The first-order valence-electron chi connectivity index (χ1n) is 12.1. The summed E-state index contributed by atoms with van der Waals surface area (Å²) in [4.78, 5) is 32.9. The first-order chi connectivity index (χ1) is 19.0. The van der Waals surface area contributed by atoms with Crippen molar-refractivity contribution in [3.63, 3.8) is 0 Å². The Morgan fingerprint density at radius 3 is 1.90 bits per heavy atom. The van der Waals surface area contributed by atoms with Gasteiger partial charge in [0.25, 0.3) is 5.56 Å². The van der Waals surface area contributed by atoms with Crippen LogP contribution in [-0.4, -0.2) is 52.1 Å². The van der Waals surface area contributed by atoms with Gasteiger partial charge in [-0.3, -0.25) is 9.36 Å². The molecule has 0 atom stereocenters. The molecule has 198 valence electrons. The number of nitrogens with zero attached hydrogens (tertiary/aromatic N) is 5. The van der Waals surface area contributed by atoms with E-state index in [0.717, 1.165) is 11.1 Å². The molecule has 0 aliphatic rings. The maximum atomic E-state index is 14.4. The van der Waals surface area contributed by atoms with Gasteiger partial charge in [-0.15, -0.1) is 0 Å². The molecule has 3 aromatic heterocycles. The first kappa shape index (κ1) is 26.2. The van der Waals surface area contributed by atoms with Gasteiger partial charge in [0, 0.05) is 17.8 Å². The monoisotopic (exact) mass is 541 g/mol. The molecule has 0 N–H and O–H groups in total. The van der Waals surface area contributed by atoms with E-state index in [4.69, 9.17) is 24.2 Å². The fourth-order valence-electron chi connectivity index (χ4n) is 4.42. The second-order valence-corrected chi connectivity index (χ2v) is 9.41. The minimum atomic E-state index is -0.534. The smallest absolute Gasteiger partial charge is 0.279 e. The van der Waals surface area contributed by atoms with Crippen LogP contribution in [-0.2, 0) is 0 Å². The number of aromatic nitrogens is 5. The normalized spacial score (nSPS) is 11.1. The fraction of sp³-hybridized carbons (Fsp3) is 0.207. The highest BCUT2D eigenvalue weighted by Gasteiger charge is 2.26. The predicted octanol–water partition coefficient (Wildman–Crippen LogP) is 4.94. The molecule has 3 heterocycles. The summed E-state index contributed by atoms with van der Waals surface area (Å²) in [6.07, 6.45) is 3.49. The van der Waals surface area contributed by atoms with Gasteiger partial charge in [-0.1, -0.05) is 36.0 Å². The Labute approximate surface area is 229 Å². The molecule has 0 spiro atoms. The van der Waals surface area contributed by atoms with Crippen molar-refractivity contribution in [2.24, 2.45) is 0 Å². The SMILES string of the molecule is COc1ccc(C(c2ccc(OC)cc2)n2c(=O)c(-c3ccc(OC)nc3)nc3c(C)nc(SC)nc32)cc1. The van der Waals surface area contributed by atoms with Crippen molar-refractivity contribution in [3.8, 4) is 28.6 Å². The minimum Gasteiger partial charge on any atom is -0.497 e. The molecule has 0 radical (unpaired) electrons. The molecule has 0 amide bonds. The van der Waals surface area contributed by atoms with E-state index in [-0.39, 0.29) is 11.3 Å². The molecule has 2 aromatic carbocycles. The zero-order chi connectivity index (χ0) is 27.5. The van der Waals surface area contributed by atoms with E-state index in [9.17, 15) is 4.79 Å². The average molecular weight is 542 g/mol. The van der Waals surface area contributed by atoms with Gasteiger partial charge in [0.2, 0.25) is 5.88 Å². The summed E-state index contributed by atoms with van der Waals surface area (Å²) >= 11 is 1.41. The number of ether oxygens (including phenoxy) is 3. The van der Waals surface area contributed by atoms with Crippen LogP contribution in [0.2, 0.25) is 0 Å². The summed E-state index contributed by atoms with van der Waals surface area (Å²) in [7, 11) is 4.78. The Balaban J connectivity index is 1.87. The molecular formula is C29H27N5O4S. The molecule has 0 aliphatic carbocycles. The maximum Gasteiger partial charge on any atom is 0.279 e. The Morgan fingerprint density at radius 1 is 0.795 bits per heavy atom. The number of pyridine rings is 1. The number of rotatable bonds is 8. The fourth-order valence-corrected chi connectivity index (χ4v) is 4.82. The molecule has 0 saturated carbocycles. The number of aryl methyl sites for hydroxylation is 1. The van der Waals surface area contributed by atoms with Crippen molar-refractivity contribution >= 4 is 22.9 Å². The van der Waals surface area contributed by atoms with E-state index in [1.165, 1.54) is 11.8 Å². The van der Waals surface area contributed by atoms with Crippen LogP contribution < -0.4 is 19.8 Å². The van der Waals surface area contributed by atoms with Crippen molar-refractivity contribution in [1.82, 2.24) is 24.5 Å². The van der Waals surface area contributed by atoms with Crippen LogP contribution in [0.4, 0.5) is 0 Å².